The molecule has 0 unspecified atom stereocenters. The Bertz CT molecular complexity index is 1740. The SMILES string of the molecule is Cc1cc(OCCCS(C)(=O)=O)cc(C)c1-c1cc(COc2ccc3c(c2)OC[C@H]3CC(=O)O)ccc1CCc1ccccc1. The summed E-state index contributed by atoms with van der Waals surface area (Å²) in [4.78, 5) is 11.2. The van der Waals surface area contributed by atoms with Gasteiger partial charge in [-0.15, -0.1) is 0 Å². The Kier molecular flexibility index (Phi) is 10.1. The molecule has 0 amide bonds. The smallest absolute Gasteiger partial charge is 0.304 e. The van der Waals surface area contributed by atoms with Crippen molar-refractivity contribution < 1.29 is 32.5 Å². The molecule has 45 heavy (non-hydrogen) atoms. The summed E-state index contributed by atoms with van der Waals surface area (Å²) < 4.78 is 40.9. The van der Waals surface area contributed by atoms with Gasteiger partial charge in [0.25, 0.3) is 0 Å². The first kappa shape index (κ1) is 32.1. The van der Waals surface area contributed by atoms with Gasteiger partial charge in [0.15, 0.2) is 0 Å². The number of aryl methyl sites for hydroxylation is 4. The number of aliphatic carboxylic acids is 1. The quantitative estimate of drug-likeness (QED) is 0.149. The third-order valence-corrected chi connectivity index (χ3v) is 9.13. The first-order chi connectivity index (χ1) is 21.6. The molecular formula is C37H40O7S. The number of benzene rings is 4. The van der Waals surface area contributed by atoms with Gasteiger partial charge in [-0.25, -0.2) is 8.42 Å². The molecule has 0 aromatic heterocycles. The molecule has 4 aromatic carbocycles. The van der Waals surface area contributed by atoms with Gasteiger partial charge < -0.3 is 19.3 Å². The van der Waals surface area contributed by atoms with E-state index in [4.69, 9.17) is 14.2 Å². The van der Waals surface area contributed by atoms with E-state index in [-0.39, 0.29) is 18.1 Å². The van der Waals surface area contributed by atoms with Gasteiger partial charge in [0.2, 0.25) is 0 Å². The highest BCUT2D eigenvalue weighted by Gasteiger charge is 2.26. The number of carboxylic acid groups (broad SMARTS) is 1. The van der Waals surface area contributed by atoms with Crippen molar-refractivity contribution >= 4 is 15.8 Å². The molecule has 0 aliphatic carbocycles. The van der Waals surface area contributed by atoms with Crippen LogP contribution in [0.2, 0.25) is 0 Å². The Balaban J connectivity index is 1.37. The minimum absolute atomic E-state index is 0.0434. The van der Waals surface area contributed by atoms with Crippen LogP contribution >= 0.6 is 0 Å². The maximum atomic E-state index is 11.5. The highest BCUT2D eigenvalue weighted by Crippen LogP contribution is 2.39. The van der Waals surface area contributed by atoms with Crippen LogP contribution in [-0.4, -0.2) is 44.7 Å². The van der Waals surface area contributed by atoms with Crippen molar-refractivity contribution in [2.24, 2.45) is 0 Å². The van der Waals surface area contributed by atoms with Gasteiger partial charge in [0.1, 0.15) is 33.7 Å². The highest BCUT2D eigenvalue weighted by atomic mass is 32.2. The zero-order chi connectivity index (χ0) is 32.0. The van der Waals surface area contributed by atoms with Gasteiger partial charge in [-0.1, -0.05) is 48.5 Å². The summed E-state index contributed by atoms with van der Waals surface area (Å²) in [6.07, 6.45) is 3.53. The van der Waals surface area contributed by atoms with E-state index in [0.717, 1.165) is 52.0 Å². The maximum absolute atomic E-state index is 11.5. The topological polar surface area (TPSA) is 99.1 Å². The van der Waals surface area contributed by atoms with Crippen LogP contribution in [-0.2, 0) is 34.1 Å². The molecule has 1 atom stereocenters. The number of hydrogen-bond acceptors (Lipinski definition) is 6. The third kappa shape index (κ3) is 8.66. The molecule has 236 valence electrons. The molecule has 1 N–H and O–H groups in total. The van der Waals surface area contributed by atoms with Crippen LogP contribution in [0, 0.1) is 13.8 Å². The maximum Gasteiger partial charge on any atom is 0.304 e. The van der Waals surface area contributed by atoms with Crippen LogP contribution in [0.1, 0.15) is 52.1 Å². The fraction of sp³-hybridized carbons (Fsp3) is 0.324. The third-order valence-electron chi connectivity index (χ3n) is 8.10. The van der Waals surface area contributed by atoms with E-state index in [1.807, 2.05) is 36.4 Å². The number of carboxylic acids is 1. The number of carbonyl (C=O) groups is 1. The van der Waals surface area contributed by atoms with E-state index in [0.29, 0.717) is 37.7 Å². The molecule has 5 rings (SSSR count). The van der Waals surface area contributed by atoms with Crippen LogP contribution in [0.4, 0.5) is 0 Å². The lowest BCUT2D eigenvalue weighted by Gasteiger charge is -2.19. The fourth-order valence-corrected chi connectivity index (χ4v) is 6.57. The van der Waals surface area contributed by atoms with E-state index in [1.165, 1.54) is 17.4 Å². The number of sulfone groups is 1. The van der Waals surface area contributed by atoms with Crippen LogP contribution in [0.5, 0.6) is 17.2 Å². The second-order valence-corrected chi connectivity index (χ2v) is 14.1. The van der Waals surface area contributed by atoms with E-state index >= 15 is 0 Å². The Hall–Kier alpha value is -4.30. The molecule has 1 aliphatic rings. The lowest BCUT2D eigenvalue weighted by Crippen LogP contribution is -2.08. The summed E-state index contributed by atoms with van der Waals surface area (Å²) in [6, 6.07) is 26.6. The van der Waals surface area contributed by atoms with Crippen molar-refractivity contribution in [3.63, 3.8) is 0 Å². The summed E-state index contributed by atoms with van der Waals surface area (Å²) >= 11 is 0. The average Bonchev–Trinajstić information content (AvgIpc) is 3.38. The average molecular weight is 629 g/mol. The summed E-state index contributed by atoms with van der Waals surface area (Å²) in [5, 5.41) is 9.19. The van der Waals surface area contributed by atoms with Crippen LogP contribution < -0.4 is 14.2 Å². The van der Waals surface area contributed by atoms with Crippen molar-refractivity contribution in [1.82, 2.24) is 0 Å². The standard InChI is InChI=1S/C37H40O7S/c1-25-18-32(42-16-7-17-45(3,40)41)19-26(2)37(25)34-20-28(11-13-29(34)12-10-27-8-5-4-6-9-27)23-43-31-14-15-33-30(21-36(38)39)24-44-35(33)22-31/h4-6,8-9,11,13-15,18-20,22,30H,7,10,12,16-17,21,23-24H2,1-3H3,(H,38,39)/t30-/m1/s1. The van der Waals surface area contributed by atoms with Crippen molar-refractivity contribution in [3.8, 4) is 28.4 Å². The molecule has 0 saturated carbocycles. The predicted molar refractivity (Wildman–Crippen MR) is 176 cm³/mol. The second-order valence-electron chi connectivity index (χ2n) is 11.8. The molecule has 0 radical (unpaired) electrons. The first-order valence-corrected chi connectivity index (χ1v) is 17.3. The zero-order valence-electron chi connectivity index (χ0n) is 26.0. The molecule has 8 heteroatoms. The normalized spacial score (nSPS) is 14.1. The zero-order valence-corrected chi connectivity index (χ0v) is 26.9. The highest BCUT2D eigenvalue weighted by molar-refractivity contribution is 7.90. The van der Waals surface area contributed by atoms with Gasteiger partial charge in [-0.2, -0.15) is 0 Å². The van der Waals surface area contributed by atoms with Crippen molar-refractivity contribution in [1.29, 1.82) is 0 Å². The van der Waals surface area contributed by atoms with Gasteiger partial charge in [0.05, 0.1) is 25.4 Å². The molecule has 4 aromatic rings. The Morgan fingerprint density at radius 1 is 0.889 bits per heavy atom. The van der Waals surface area contributed by atoms with E-state index in [9.17, 15) is 18.3 Å². The van der Waals surface area contributed by atoms with Crippen LogP contribution in [0.3, 0.4) is 0 Å². The molecule has 1 heterocycles. The largest absolute Gasteiger partial charge is 0.494 e. The Labute approximate surface area is 265 Å². The lowest BCUT2D eigenvalue weighted by molar-refractivity contribution is -0.137. The molecule has 0 saturated heterocycles. The van der Waals surface area contributed by atoms with Crippen LogP contribution in [0.25, 0.3) is 11.1 Å². The van der Waals surface area contributed by atoms with Crippen molar-refractivity contribution in [2.45, 2.75) is 52.1 Å². The van der Waals surface area contributed by atoms with Gasteiger partial charge in [0, 0.05) is 23.8 Å². The van der Waals surface area contributed by atoms with Gasteiger partial charge >= 0.3 is 5.97 Å². The number of fused-ring (bicyclic) bond motifs is 1. The van der Waals surface area contributed by atoms with E-state index in [2.05, 4.69) is 56.3 Å². The van der Waals surface area contributed by atoms with Crippen molar-refractivity contribution in [3.05, 3.63) is 112 Å². The van der Waals surface area contributed by atoms with E-state index in [1.54, 1.807) is 0 Å². The fourth-order valence-electron chi connectivity index (χ4n) is 5.92. The second kappa shape index (κ2) is 14.2. The minimum Gasteiger partial charge on any atom is -0.494 e. The first-order valence-electron chi connectivity index (χ1n) is 15.2. The molecule has 0 bridgehead atoms. The number of hydrogen-bond donors (Lipinski definition) is 1. The molecule has 7 nitrogen and oxygen atoms in total. The van der Waals surface area contributed by atoms with E-state index < -0.39 is 15.8 Å². The molecule has 0 spiro atoms. The van der Waals surface area contributed by atoms with Crippen molar-refractivity contribution in [2.75, 3.05) is 25.2 Å². The number of rotatable bonds is 14. The minimum atomic E-state index is -3.02. The summed E-state index contributed by atoms with van der Waals surface area (Å²) in [5.74, 6) is 1.21. The number of ether oxygens (including phenoxy) is 3. The summed E-state index contributed by atoms with van der Waals surface area (Å²) in [5.41, 5.74) is 8.93. The molecule has 1 aliphatic heterocycles. The Morgan fingerprint density at radius 2 is 1.64 bits per heavy atom. The van der Waals surface area contributed by atoms with Gasteiger partial charge in [-0.3, -0.25) is 4.79 Å². The lowest BCUT2D eigenvalue weighted by atomic mass is 9.88. The Morgan fingerprint density at radius 3 is 2.36 bits per heavy atom. The van der Waals surface area contributed by atoms with Crippen LogP contribution in [0.15, 0.2) is 78.9 Å². The van der Waals surface area contributed by atoms with Gasteiger partial charge in [-0.05, 0) is 96.3 Å². The summed E-state index contributed by atoms with van der Waals surface area (Å²) in [6.45, 7) is 5.23. The molecular weight excluding hydrogens is 588 g/mol. The molecule has 0 fully saturated rings. The predicted octanol–water partition coefficient (Wildman–Crippen LogP) is 7.10. The summed E-state index contributed by atoms with van der Waals surface area (Å²) in [7, 11) is -3.02. The monoisotopic (exact) mass is 628 g/mol.